The van der Waals surface area contributed by atoms with Crippen LogP contribution in [0.15, 0.2) is 34.6 Å². The number of benzene rings is 1. The van der Waals surface area contributed by atoms with Crippen LogP contribution in [-0.2, 0) is 12.7 Å². The largest absolute Gasteiger partial charge is 0.434 e. The third-order valence-corrected chi connectivity index (χ3v) is 4.51. The normalized spacial score (nSPS) is 13.1. The van der Waals surface area contributed by atoms with Gasteiger partial charge in [-0.15, -0.1) is 35.3 Å². The molecular formula is C17H22F3IN4S. The molecule has 1 unspecified atom stereocenters. The molecule has 0 aliphatic carbocycles. The summed E-state index contributed by atoms with van der Waals surface area (Å²) in [6.45, 7) is 5.01. The van der Waals surface area contributed by atoms with Crippen molar-refractivity contribution in [3.8, 4) is 0 Å². The zero-order valence-electron chi connectivity index (χ0n) is 14.7. The Bertz CT molecular complexity index is 731. The molecule has 2 aromatic rings. The van der Waals surface area contributed by atoms with Gasteiger partial charge in [0.1, 0.15) is 5.01 Å². The first-order valence-electron chi connectivity index (χ1n) is 7.82. The smallest absolute Gasteiger partial charge is 0.356 e. The van der Waals surface area contributed by atoms with Gasteiger partial charge in [-0.3, -0.25) is 4.99 Å². The highest BCUT2D eigenvalue weighted by atomic mass is 127. The zero-order valence-corrected chi connectivity index (χ0v) is 17.9. The van der Waals surface area contributed by atoms with Crippen LogP contribution in [0.5, 0.6) is 0 Å². The standard InChI is InChI=1S/C17H21F3N4S.HI/c1-11-5-4-6-13(7-11)12(2)8-22-16(21-3)23-9-15-24-14(10-25-15)17(18,19)20;/h4-7,10,12H,8-9H2,1-3H3,(H2,21,22,23);1H. The van der Waals surface area contributed by atoms with E-state index in [1.807, 2.05) is 19.1 Å². The first-order valence-corrected chi connectivity index (χ1v) is 8.70. The van der Waals surface area contributed by atoms with Crippen molar-refractivity contribution in [1.82, 2.24) is 15.6 Å². The van der Waals surface area contributed by atoms with Crippen LogP contribution < -0.4 is 10.6 Å². The Morgan fingerprint density at radius 1 is 1.31 bits per heavy atom. The van der Waals surface area contributed by atoms with E-state index >= 15 is 0 Å². The van der Waals surface area contributed by atoms with Crippen molar-refractivity contribution in [3.05, 3.63) is 51.5 Å². The Labute approximate surface area is 172 Å². The van der Waals surface area contributed by atoms with Crippen molar-refractivity contribution >= 4 is 41.3 Å². The minimum Gasteiger partial charge on any atom is -0.356 e. The van der Waals surface area contributed by atoms with Crippen LogP contribution in [0.2, 0.25) is 0 Å². The van der Waals surface area contributed by atoms with Gasteiger partial charge in [0.2, 0.25) is 0 Å². The molecule has 0 aliphatic rings. The van der Waals surface area contributed by atoms with Crippen LogP contribution in [-0.4, -0.2) is 24.5 Å². The summed E-state index contributed by atoms with van der Waals surface area (Å²) in [4.78, 5) is 7.68. The van der Waals surface area contributed by atoms with Gasteiger partial charge in [-0.1, -0.05) is 36.8 Å². The molecule has 0 saturated carbocycles. The number of aromatic nitrogens is 1. The predicted molar refractivity (Wildman–Crippen MR) is 110 cm³/mol. The average Bonchev–Trinajstić information content (AvgIpc) is 3.04. The molecule has 0 aliphatic heterocycles. The maximum atomic E-state index is 12.6. The lowest BCUT2D eigenvalue weighted by atomic mass is 9.99. The molecule has 0 bridgehead atoms. The molecule has 0 amide bonds. The summed E-state index contributed by atoms with van der Waals surface area (Å²) in [5, 5.41) is 7.56. The summed E-state index contributed by atoms with van der Waals surface area (Å²) >= 11 is 0.975. The second-order valence-corrected chi connectivity index (χ2v) is 6.69. The summed E-state index contributed by atoms with van der Waals surface area (Å²) < 4.78 is 37.7. The summed E-state index contributed by atoms with van der Waals surface area (Å²) in [5.41, 5.74) is 1.57. The minimum atomic E-state index is -4.40. The molecule has 1 heterocycles. The topological polar surface area (TPSA) is 49.3 Å². The monoisotopic (exact) mass is 498 g/mol. The number of aryl methyl sites for hydroxylation is 1. The van der Waals surface area contributed by atoms with Crippen LogP contribution in [0.25, 0.3) is 0 Å². The highest BCUT2D eigenvalue weighted by molar-refractivity contribution is 14.0. The van der Waals surface area contributed by atoms with E-state index in [-0.39, 0.29) is 36.4 Å². The van der Waals surface area contributed by atoms with Gasteiger partial charge in [0, 0.05) is 19.0 Å². The first-order chi connectivity index (χ1) is 11.8. The lowest BCUT2D eigenvalue weighted by Crippen LogP contribution is -2.38. The quantitative estimate of drug-likeness (QED) is 0.361. The molecule has 26 heavy (non-hydrogen) atoms. The molecule has 0 radical (unpaired) electrons. The molecule has 2 rings (SSSR count). The second-order valence-electron chi connectivity index (χ2n) is 5.75. The second kappa shape index (κ2) is 10.1. The third kappa shape index (κ3) is 6.75. The van der Waals surface area contributed by atoms with Crippen molar-refractivity contribution in [1.29, 1.82) is 0 Å². The van der Waals surface area contributed by atoms with Gasteiger partial charge < -0.3 is 10.6 Å². The number of hydrogen-bond donors (Lipinski definition) is 2. The van der Waals surface area contributed by atoms with Crippen molar-refractivity contribution in [2.45, 2.75) is 32.5 Å². The van der Waals surface area contributed by atoms with Crippen LogP contribution in [0.3, 0.4) is 0 Å². The van der Waals surface area contributed by atoms with E-state index in [2.05, 4.69) is 39.7 Å². The number of guanidine groups is 1. The van der Waals surface area contributed by atoms with Crippen LogP contribution in [0.4, 0.5) is 13.2 Å². The lowest BCUT2D eigenvalue weighted by Gasteiger charge is -2.16. The molecule has 9 heteroatoms. The fraction of sp³-hybridized carbons (Fsp3) is 0.412. The number of thiazole rings is 1. The summed E-state index contributed by atoms with van der Waals surface area (Å²) in [6.07, 6.45) is -4.40. The van der Waals surface area contributed by atoms with Crippen LogP contribution in [0.1, 0.15) is 34.7 Å². The minimum absolute atomic E-state index is 0. The number of nitrogens with zero attached hydrogens (tertiary/aromatic N) is 2. The first kappa shape index (κ1) is 22.7. The van der Waals surface area contributed by atoms with E-state index < -0.39 is 11.9 Å². The predicted octanol–water partition coefficient (Wildman–Crippen LogP) is 4.56. The van der Waals surface area contributed by atoms with E-state index in [1.165, 1.54) is 11.1 Å². The summed E-state index contributed by atoms with van der Waals surface area (Å²) in [7, 11) is 1.62. The molecule has 0 fully saturated rings. The van der Waals surface area contributed by atoms with Crippen molar-refractivity contribution in [2.24, 2.45) is 4.99 Å². The summed E-state index contributed by atoms with van der Waals surface area (Å²) in [5.74, 6) is 0.804. The number of hydrogen-bond acceptors (Lipinski definition) is 3. The molecular weight excluding hydrogens is 476 g/mol. The number of halogens is 4. The number of rotatable bonds is 5. The molecule has 1 atom stereocenters. The van der Waals surface area contributed by atoms with Crippen molar-refractivity contribution in [2.75, 3.05) is 13.6 Å². The Morgan fingerprint density at radius 3 is 2.62 bits per heavy atom. The number of nitrogens with one attached hydrogen (secondary N) is 2. The average molecular weight is 498 g/mol. The van der Waals surface area contributed by atoms with Crippen LogP contribution >= 0.6 is 35.3 Å². The Hall–Kier alpha value is -1.36. The number of alkyl halides is 3. The molecule has 144 valence electrons. The fourth-order valence-electron chi connectivity index (χ4n) is 2.25. The number of aliphatic imine (C=N–C) groups is 1. The lowest BCUT2D eigenvalue weighted by molar-refractivity contribution is -0.140. The zero-order chi connectivity index (χ0) is 18.4. The summed E-state index contributed by atoms with van der Waals surface area (Å²) in [6, 6.07) is 8.28. The fourth-order valence-corrected chi connectivity index (χ4v) is 2.99. The third-order valence-electron chi connectivity index (χ3n) is 3.66. The van der Waals surface area contributed by atoms with Gasteiger partial charge >= 0.3 is 6.18 Å². The Kier molecular flexibility index (Phi) is 8.81. The molecule has 4 nitrogen and oxygen atoms in total. The SMILES string of the molecule is CN=C(NCc1nc(C(F)(F)F)cs1)NCC(C)c1cccc(C)c1.I. The Balaban J connectivity index is 0.00000338. The highest BCUT2D eigenvalue weighted by Gasteiger charge is 2.33. The van der Waals surface area contributed by atoms with E-state index in [0.29, 0.717) is 17.5 Å². The molecule has 1 aromatic heterocycles. The maximum Gasteiger partial charge on any atom is 0.434 e. The van der Waals surface area contributed by atoms with E-state index in [9.17, 15) is 13.2 Å². The van der Waals surface area contributed by atoms with E-state index in [4.69, 9.17) is 0 Å². The van der Waals surface area contributed by atoms with Gasteiger partial charge in [0.05, 0.1) is 6.54 Å². The van der Waals surface area contributed by atoms with Gasteiger partial charge in [-0.05, 0) is 18.4 Å². The van der Waals surface area contributed by atoms with Crippen molar-refractivity contribution in [3.63, 3.8) is 0 Å². The van der Waals surface area contributed by atoms with Gasteiger partial charge in [-0.2, -0.15) is 13.2 Å². The Morgan fingerprint density at radius 2 is 2.04 bits per heavy atom. The molecule has 1 aromatic carbocycles. The molecule has 0 spiro atoms. The van der Waals surface area contributed by atoms with Crippen LogP contribution in [0, 0.1) is 6.92 Å². The van der Waals surface area contributed by atoms with Crippen molar-refractivity contribution < 1.29 is 13.2 Å². The van der Waals surface area contributed by atoms with Gasteiger partial charge in [0.25, 0.3) is 0 Å². The van der Waals surface area contributed by atoms with Gasteiger partial charge in [-0.25, -0.2) is 4.98 Å². The molecule has 0 saturated heterocycles. The maximum absolute atomic E-state index is 12.6. The molecule has 2 N–H and O–H groups in total. The highest BCUT2D eigenvalue weighted by Crippen LogP contribution is 2.29. The van der Waals surface area contributed by atoms with E-state index in [1.54, 1.807) is 7.05 Å². The van der Waals surface area contributed by atoms with Gasteiger partial charge in [0.15, 0.2) is 11.7 Å². The van der Waals surface area contributed by atoms with E-state index in [0.717, 1.165) is 16.7 Å².